The maximum atomic E-state index is 12.8. The molecule has 1 amide bonds. The van der Waals surface area contributed by atoms with E-state index in [0.29, 0.717) is 23.7 Å². The SMILES string of the molecule is CC1CCCCN1C(=O)CNc1cccc(S(=O)(=O)N2CCCCC2)c1. The molecule has 2 saturated heterocycles. The van der Waals surface area contributed by atoms with E-state index in [1.165, 1.54) is 6.42 Å². The number of likely N-dealkylation sites (tertiary alicyclic amines) is 1. The van der Waals surface area contributed by atoms with Crippen LogP contribution < -0.4 is 5.32 Å². The van der Waals surface area contributed by atoms with Crippen molar-refractivity contribution in [3.8, 4) is 0 Å². The zero-order chi connectivity index (χ0) is 18.6. The number of nitrogens with one attached hydrogen (secondary N) is 1. The Kier molecular flexibility index (Phi) is 6.19. The molecule has 26 heavy (non-hydrogen) atoms. The van der Waals surface area contributed by atoms with E-state index in [9.17, 15) is 13.2 Å². The summed E-state index contributed by atoms with van der Waals surface area (Å²) in [6.07, 6.45) is 6.20. The summed E-state index contributed by atoms with van der Waals surface area (Å²) in [6.45, 7) is 4.27. The number of carbonyl (C=O) groups is 1. The van der Waals surface area contributed by atoms with Crippen molar-refractivity contribution in [1.29, 1.82) is 0 Å². The molecular formula is C19H29N3O3S. The third-order valence-corrected chi connectivity index (χ3v) is 7.25. The number of sulfonamides is 1. The van der Waals surface area contributed by atoms with E-state index >= 15 is 0 Å². The molecule has 0 aliphatic carbocycles. The normalized spacial score (nSPS) is 22.2. The van der Waals surface area contributed by atoms with Crippen molar-refractivity contribution in [2.24, 2.45) is 0 Å². The van der Waals surface area contributed by atoms with Crippen LogP contribution in [0.25, 0.3) is 0 Å². The van der Waals surface area contributed by atoms with Crippen molar-refractivity contribution < 1.29 is 13.2 Å². The molecule has 3 rings (SSSR count). The summed E-state index contributed by atoms with van der Waals surface area (Å²) in [5.74, 6) is 0.0708. The minimum absolute atomic E-state index is 0.0708. The third kappa shape index (κ3) is 4.38. The first-order valence-corrected chi connectivity index (χ1v) is 11.1. The predicted octanol–water partition coefficient (Wildman–Crippen LogP) is 2.67. The van der Waals surface area contributed by atoms with Gasteiger partial charge in [-0.05, 0) is 57.2 Å². The van der Waals surface area contributed by atoms with Crippen molar-refractivity contribution in [2.75, 3.05) is 31.5 Å². The van der Waals surface area contributed by atoms with E-state index in [-0.39, 0.29) is 18.5 Å². The lowest BCUT2D eigenvalue weighted by atomic mass is 10.0. The number of hydrogen-bond acceptors (Lipinski definition) is 4. The molecule has 2 heterocycles. The first-order valence-electron chi connectivity index (χ1n) is 9.62. The van der Waals surface area contributed by atoms with Gasteiger partial charge in [-0.2, -0.15) is 4.31 Å². The molecule has 1 unspecified atom stereocenters. The average Bonchev–Trinajstić information content (AvgIpc) is 2.67. The Hall–Kier alpha value is -1.60. The second-order valence-corrected chi connectivity index (χ2v) is 9.22. The molecule has 0 saturated carbocycles. The van der Waals surface area contributed by atoms with Gasteiger partial charge in [0.2, 0.25) is 15.9 Å². The molecule has 2 fully saturated rings. The summed E-state index contributed by atoms with van der Waals surface area (Å²) in [6, 6.07) is 7.08. The lowest BCUT2D eigenvalue weighted by Gasteiger charge is -2.33. The van der Waals surface area contributed by atoms with Gasteiger partial charge in [0.1, 0.15) is 0 Å². The van der Waals surface area contributed by atoms with Gasteiger partial charge in [0.25, 0.3) is 0 Å². The van der Waals surface area contributed by atoms with Crippen molar-refractivity contribution in [3.05, 3.63) is 24.3 Å². The van der Waals surface area contributed by atoms with E-state index in [1.54, 1.807) is 22.5 Å². The van der Waals surface area contributed by atoms with Gasteiger partial charge < -0.3 is 10.2 Å². The standard InChI is InChI=1S/C19H29N3O3S/c1-16-8-3-6-13-22(16)19(23)15-20-17-9-7-10-18(14-17)26(24,25)21-11-4-2-5-12-21/h7,9-10,14,16,20H,2-6,8,11-13,15H2,1H3. The van der Waals surface area contributed by atoms with Crippen LogP contribution >= 0.6 is 0 Å². The average molecular weight is 380 g/mol. The number of rotatable bonds is 5. The number of benzene rings is 1. The molecule has 1 atom stereocenters. The fourth-order valence-corrected chi connectivity index (χ4v) is 5.33. The first-order chi connectivity index (χ1) is 12.5. The van der Waals surface area contributed by atoms with E-state index in [1.807, 2.05) is 11.0 Å². The Labute approximate surface area is 156 Å². The summed E-state index contributed by atoms with van der Waals surface area (Å²) in [5.41, 5.74) is 0.668. The molecule has 0 bridgehead atoms. The maximum absolute atomic E-state index is 12.8. The van der Waals surface area contributed by atoms with Crippen molar-refractivity contribution in [3.63, 3.8) is 0 Å². The molecule has 7 heteroatoms. The van der Waals surface area contributed by atoms with Gasteiger partial charge in [-0.25, -0.2) is 8.42 Å². The Balaban J connectivity index is 1.64. The molecule has 2 aliphatic rings. The van der Waals surface area contributed by atoms with Crippen LogP contribution in [0.1, 0.15) is 45.4 Å². The quantitative estimate of drug-likeness (QED) is 0.854. The number of hydrogen-bond donors (Lipinski definition) is 1. The van der Waals surface area contributed by atoms with E-state index in [4.69, 9.17) is 0 Å². The second kappa shape index (κ2) is 8.39. The molecular weight excluding hydrogens is 350 g/mol. The van der Waals surface area contributed by atoms with Gasteiger partial charge in [-0.15, -0.1) is 0 Å². The van der Waals surface area contributed by atoms with E-state index in [0.717, 1.165) is 38.6 Å². The predicted molar refractivity (Wildman–Crippen MR) is 103 cm³/mol. The zero-order valence-electron chi connectivity index (χ0n) is 15.5. The Morgan fingerprint density at radius 1 is 1.12 bits per heavy atom. The Morgan fingerprint density at radius 3 is 2.58 bits per heavy atom. The smallest absolute Gasteiger partial charge is 0.243 e. The van der Waals surface area contributed by atoms with Crippen molar-refractivity contribution in [2.45, 2.75) is 56.4 Å². The van der Waals surface area contributed by atoms with Gasteiger partial charge in [-0.1, -0.05) is 12.5 Å². The third-order valence-electron chi connectivity index (χ3n) is 5.35. The molecule has 6 nitrogen and oxygen atoms in total. The molecule has 1 aromatic rings. The summed E-state index contributed by atoms with van der Waals surface area (Å²) in [4.78, 5) is 14.7. The topological polar surface area (TPSA) is 69.7 Å². The molecule has 1 N–H and O–H groups in total. The number of carbonyl (C=O) groups excluding carboxylic acids is 1. The van der Waals surface area contributed by atoms with Gasteiger partial charge in [0.05, 0.1) is 11.4 Å². The van der Waals surface area contributed by atoms with E-state index < -0.39 is 10.0 Å². The first kappa shape index (κ1) is 19.2. The summed E-state index contributed by atoms with van der Waals surface area (Å²) >= 11 is 0. The number of nitrogens with zero attached hydrogens (tertiary/aromatic N) is 2. The van der Waals surface area contributed by atoms with Gasteiger partial charge in [0, 0.05) is 31.4 Å². The van der Waals surface area contributed by atoms with Crippen molar-refractivity contribution in [1.82, 2.24) is 9.21 Å². The highest BCUT2D eigenvalue weighted by Crippen LogP contribution is 2.23. The lowest BCUT2D eigenvalue weighted by molar-refractivity contribution is -0.132. The molecule has 0 radical (unpaired) electrons. The van der Waals surface area contributed by atoms with Gasteiger partial charge in [0.15, 0.2) is 0 Å². The zero-order valence-corrected chi connectivity index (χ0v) is 16.3. The molecule has 1 aromatic carbocycles. The minimum atomic E-state index is -3.45. The number of piperidine rings is 2. The van der Waals surface area contributed by atoms with Crippen LogP contribution in [0, 0.1) is 0 Å². The van der Waals surface area contributed by atoms with Gasteiger partial charge >= 0.3 is 0 Å². The number of anilines is 1. The van der Waals surface area contributed by atoms with Gasteiger partial charge in [-0.3, -0.25) is 4.79 Å². The molecule has 144 valence electrons. The van der Waals surface area contributed by atoms with Crippen LogP contribution in [0.15, 0.2) is 29.2 Å². The Morgan fingerprint density at radius 2 is 1.85 bits per heavy atom. The monoisotopic (exact) mass is 379 g/mol. The lowest BCUT2D eigenvalue weighted by Crippen LogP contribution is -2.44. The summed E-state index contributed by atoms with van der Waals surface area (Å²) < 4.78 is 27.1. The second-order valence-electron chi connectivity index (χ2n) is 7.28. The fourth-order valence-electron chi connectivity index (χ4n) is 3.77. The minimum Gasteiger partial charge on any atom is -0.376 e. The summed E-state index contributed by atoms with van der Waals surface area (Å²) in [5, 5.41) is 3.10. The highest BCUT2D eigenvalue weighted by atomic mass is 32.2. The number of amides is 1. The van der Waals surface area contributed by atoms with E-state index in [2.05, 4.69) is 12.2 Å². The van der Waals surface area contributed by atoms with Crippen molar-refractivity contribution >= 4 is 21.6 Å². The van der Waals surface area contributed by atoms with Crippen LogP contribution in [0.4, 0.5) is 5.69 Å². The molecule has 0 aromatic heterocycles. The van der Waals surface area contributed by atoms with Crippen LogP contribution in [0.3, 0.4) is 0 Å². The fraction of sp³-hybridized carbons (Fsp3) is 0.632. The van der Waals surface area contributed by atoms with Crippen LogP contribution in [0.5, 0.6) is 0 Å². The maximum Gasteiger partial charge on any atom is 0.243 e. The van der Waals surface area contributed by atoms with Crippen LogP contribution in [0.2, 0.25) is 0 Å². The highest BCUT2D eigenvalue weighted by Gasteiger charge is 2.26. The largest absolute Gasteiger partial charge is 0.376 e. The highest BCUT2D eigenvalue weighted by molar-refractivity contribution is 7.89. The molecule has 0 spiro atoms. The summed E-state index contributed by atoms with van der Waals surface area (Å²) in [7, 11) is -3.45. The Bertz CT molecular complexity index is 729. The van der Waals surface area contributed by atoms with Crippen LogP contribution in [-0.2, 0) is 14.8 Å². The molecule has 2 aliphatic heterocycles. The van der Waals surface area contributed by atoms with Crippen LogP contribution in [-0.4, -0.2) is 55.8 Å².